The average molecular weight is 482 g/mol. The Morgan fingerprint density at radius 1 is 1.22 bits per heavy atom. The summed E-state index contributed by atoms with van der Waals surface area (Å²) in [7, 11) is -2.30. The summed E-state index contributed by atoms with van der Waals surface area (Å²) in [6.07, 6.45) is 1.34. The number of anilines is 3. The van der Waals surface area contributed by atoms with Crippen molar-refractivity contribution in [2.24, 2.45) is 0 Å². The molecule has 1 atom stereocenters. The van der Waals surface area contributed by atoms with Crippen LogP contribution >= 0.6 is 11.6 Å². The Hall–Kier alpha value is -2.49. The maximum atomic E-state index is 13.1. The number of sulfonamides is 1. The highest BCUT2D eigenvalue weighted by molar-refractivity contribution is 7.92. The number of rotatable bonds is 8. The fourth-order valence-electron chi connectivity index (χ4n) is 3.66. The van der Waals surface area contributed by atoms with Crippen LogP contribution in [0.4, 0.5) is 17.1 Å². The number of benzene rings is 2. The Morgan fingerprint density at radius 3 is 2.41 bits per heavy atom. The van der Waals surface area contributed by atoms with Crippen molar-refractivity contribution in [3.63, 3.8) is 0 Å². The summed E-state index contributed by atoms with van der Waals surface area (Å²) in [6, 6.07) is 11.2. The number of hydrogen-bond acceptors (Lipinski definition) is 6. The van der Waals surface area contributed by atoms with Gasteiger partial charge in [0.05, 0.1) is 37.3 Å². The van der Waals surface area contributed by atoms with Crippen molar-refractivity contribution in [3.8, 4) is 5.75 Å². The molecule has 1 fully saturated rings. The van der Waals surface area contributed by atoms with Gasteiger partial charge in [-0.2, -0.15) is 0 Å². The van der Waals surface area contributed by atoms with Crippen LogP contribution in [-0.2, 0) is 19.6 Å². The van der Waals surface area contributed by atoms with Gasteiger partial charge in [-0.05, 0) is 48.9 Å². The molecule has 1 saturated heterocycles. The van der Waals surface area contributed by atoms with E-state index in [9.17, 15) is 13.2 Å². The molecule has 0 radical (unpaired) electrons. The fourth-order valence-corrected chi connectivity index (χ4v) is 5.11. The molecule has 174 valence electrons. The molecule has 2 aromatic carbocycles. The van der Waals surface area contributed by atoms with Crippen LogP contribution < -0.4 is 19.3 Å². The molecule has 3 rings (SSSR count). The minimum absolute atomic E-state index is 0.257. The van der Waals surface area contributed by atoms with Gasteiger partial charge in [0.15, 0.2) is 0 Å². The van der Waals surface area contributed by atoms with Gasteiger partial charge in [-0.1, -0.05) is 18.5 Å². The molecule has 0 aliphatic carbocycles. The third-order valence-corrected chi connectivity index (χ3v) is 6.71. The van der Waals surface area contributed by atoms with Crippen LogP contribution in [0.5, 0.6) is 5.75 Å². The Morgan fingerprint density at radius 2 is 1.88 bits per heavy atom. The molecular formula is C22H28ClN3O5S. The lowest BCUT2D eigenvalue weighted by Gasteiger charge is -2.30. The zero-order valence-electron chi connectivity index (χ0n) is 18.4. The third kappa shape index (κ3) is 5.65. The van der Waals surface area contributed by atoms with Gasteiger partial charge in [0.2, 0.25) is 15.9 Å². The van der Waals surface area contributed by atoms with Gasteiger partial charge in [-0.3, -0.25) is 9.10 Å². The summed E-state index contributed by atoms with van der Waals surface area (Å²) in [4.78, 5) is 15.3. The lowest BCUT2D eigenvalue weighted by Crippen LogP contribution is -2.47. The third-order valence-electron chi connectivity index (χ3n) is 5.23. The zero-order valence-corrected chi connectivity index (χ0v) is 19.9. The van der Waals surface area contributed by atoms with Crippen molar-refractivity contribution < 1.29 is 22.7 Å². The van der Waals surface area contributed by atoms with E-state index in [0.29, 0.717) is 30.3 Å². The summed E-state index contributed by atoms with van der Waals surface area (Å²) in [5.41, 5.74) is 1.93. The molecule has 1 unspecified atom stereocenters. The molecule has 0 spiro atoms. The summed E-state index contributed by atoms with van der Waals surface area (Å²) < 4.78 is 36.9. The maximum Gasteiger partial charge on any atom is 0.248 e. The second-order valence-corrected chi connectivity index (χ2v) is 9.70. The first-order valence-corrected chi connectivity index (χ1v) is 12.5. The minimum atomic E-state index is -3.77. The van der Waals surface area contributed by atoms with E-state index >= 15 is 0 Å². The number of methoxy groups -OCH3 is 1. The predicted octanol–water partition coefficient (Wildman–Crippen LogP) is 3.37. The van der Waals surface area contributed by atoms with Crippen LogP contribution in [0.3, 0.4) is 0 Å². The average Bonchev–Trinajstić information content (AvgIpc) is 2.77. The molecule has 1 aliphatic heterocycles. The van der Waals surface area contributed by atoms with Crippen molar-refractivity contribution in [1.82, 2.24) is 0 Å². The molecular weight excluding hydrogens is 454 g/mol. The number of nitrogens with zero attached hydrogens (tertiary/aromatic N) is 2. The van der Waals surface area contributed by atoms with Gasteiger partial charge >= 0.3 is 0 Å². The van der Waals surface area contributed by atoms with Crippen LogP contribution in [0.15, 0.2) is 42.5 Å². The molecule has 1 amide bonds. The van der Waals surface area contributed by atoms with E-state index in [-0.39, 0.29) is 11.4 Å². The van der Waals surface area contributed by atoms with Gasteiger partial charge in [0.25, 0.3) is 0 Å². The molecule has 32 heavy (non-hydrogen) atoms. The zero-order chi connectivity index (χ0) is 23.3. The Labute approximate surface area is 194 Å². The lowest BCUT2D eigenvalue weighted by molar-refractivity contribution is -0.117. The SMILES string of the molecule is CCC(C(=O)Nc1ccc(N2CCOCC2)cc1)N(c1ccc(OC)c(Cl)c1)S(C)(=O)=O. The second kappa shape index (κ2) is 10.4. The van der Waals surface area contributed by atoms with E-state index in [0.717, 1.165) is 29.3 Å². The van der Waals surface area contributed by atoms with Crippen molar-refractivity contribution in [1.29, 1.82) is 0 Å². The van der Waals surface area contributed by atoms with E-state index in [2.05, 4.69) is 10.2 Å². The number of halogens is 1. The largest absolute Gasteiger partial charge is 0.495 e. The number of carbonyl (C=O) groups is 1. The molecule has 1 N–H and O–H groups in total. The van der Waals surface area contributed by atoms with Gasteiger partial charge in [0.1, 0.15) is 11.8 Å². The summed E-state index contributed by atoms with van der Waals surface area (Å²) >= 11 is 6.20. The molecule has 1 aliphatic rings. The lowest BCUT2D eigenvalue weighted by atomic mass is 10.1. The quantitative estimate of drug-likeness (QED) is 0.622. The van der Waals surface area contributed by atoms with Gasteiger partial charge < -0.3 is 19.7 Å². The first-order valence-electron chi connectivity index (χ1n) is 10.3. The number of morpholine rings is 1. The monoisotopic (exact) mass is 481 g/mol. The topological polar surface area (TPSA) is 88.2 Å². The van der Waals surface area contributed by atoms with Crippen molar-refractivity contribution >= 4 is 44.6 Å². The fraction of sp³-hybridized carbons (Fsp3) is 0.409. The van der Waals surface area contributed by atoms with Crippen LogP contribution in [0.1, 0.15) is 13.3 Å². The second-order valence-electron chi connectivity index (χ2n) is 7.44. The Bertz CT molecular complexity index is 1040. The number of carbonyl (C=O) groups excluding carboxylic acids is 1. The van der Waals surface area contributed by atoms with Crippen molar-refractivity contribution in [2.45, 2.75) is 19.4 Å². The van der Waals surface area contributed by atoms with Crippen LogP contribution in [0, 0.1) is 0 Å². The minimum Gasteiger partial charge on any atom is -0.495 e. The van der Waals surface area contributed by atoms with Crippen molar-refractivity contribution in [3.05, 3.63) is 47.5 Å². The van der Waals surface area contributed by atoms with E-state index in [1.807, 2.05) is 24.3 Å². The number of amides is 1. The smallest absolute Gasteiger partial charge is 0.248 e. The number of nitrogens with one attached hydrogen (secondary N) is 1. The maximum absolute atomic E-state index is 13.1. The Balaban J connectivity index is 1.81. The molecule has 2 aromatic rings. The Kier molecular flexibility index (Phi) is 7.86. The predicted molar refractivity (Wildman–Crippen MR) is 128 cm³/mol. The standard InChI is InChI=1S/C22H28ClN3O5S/c1-4-20(26(32(3,28)29)18-9-10-21(30-2)19(23)15-18)22(27)24-16-5-7-17(8-6-16)25-11-13-31-14-12-25/h5-10,15,20H,4,11-14H2,1-3H3,(H,24,27). The molecule has 0 aromatic heterocycles. The van der Waals surface area contributed by atoms with E-state index in [1.165, 1.54) is 13.2 Å². The highest BCUT2D eigenvalue weighted by atomic mass is 35.5. The summed E-state index contributed by atoms with van der Waals surface area (Å²) in [5, 5.41) is 3.09. The van der Waals surface area contributed by atoms with Gasteiger partial charge in [-0.15, -0.1) is 0 Å². The van der Waals surface area contributed by atoms with E-state index in [4.69, 9.17) is 21.1 Å². The van der Waals surface area contributed by atoms with Crippen LogP contribution in [0.2, 0.25) is 5.02 Å². The molecule has 8 nitrogen and oxygen atoms in total. The summed E-state index contributed by atoms with van der Waals surface area (Å²) in [6.45, 7) is 4.77. The number of hydrogen-bond donors (Lipinski definition) is 1. The van der Waals surface area contributed by atoms with Crippen molar-refractivity contribution in [2.75, 3.05) is 54.2 Å². The summed E-state index contributed by atoms with van der Waals surface area (Å²) in [5.74, 6) is -0.00860. The molecule has 1 heterocycles. The highest BCUT2D eigenvalue weighted by Crippen LogP contribution is 2.32. The van der Waals surface area contributed by atoms with Gasteiger partial charge in [-0.25, -0.2) is 8.42 Å². The molecule has 0 saturated carbocycles. The normalized spacial score (nSPS) is 15.2. The number of ether oxygens (including phenoxy) is 2. The van der Waals surface area contributed by atoms with E-state index < -0.39 is 22.0 Å². The molecule has 10 heteroatoms. The highest BCUT2D eigenvalue weighted by Gasteiger charge is 2.32. The van der Waals surface area contributed by atoms with Crippen LogP contribution in [0.25, 0.3) is 0 Å². The first kappa shape index (κ1) is 24.2. The molecule has 0 bridgehead atoms. The van der Waals surface area contributed by atoms with E-state index in [1.54, 1.807) is 19.1 Å². The first-order chi connectivity index (χ1) is 15.2. The van der Waals surface area contributed by atoms with Gasteiger partial charge in [0, 0.05) is 24.5 Å². The van der Waals surface area contributed by atoms with Crippen LogP contribution in [-0.4, -0.2) is 60.0 Å².